The van der Waals surface area contributed by atoms with Crippen molar-refractivity contribution in [1.82, 2.24) is 0 Å². The van der Waals surface area contributed by atoms with Gasteiger partial charge in [0.25, 0.3) is 0 Å². The van der Waals surface area contributed by atoms with Crippen molar-refractivity contribution in [1.29, 1.82) is 0 Å². The molecule has 0 rings (SSSR count). The van der Waals surface area contributed by atoms with Crippen LogP contribution >= 0.6 is 0 Å². The van der Waals surface area contributed by atoms with E-state index in [1.807, 2.05) is 0 Å². The maximum Gasteiger partial charge on any atom is 1.00 e. The normalized spacial score (nSPS) is 7.50. The van der Waals surface area contributed by atoms with Crippen LogP contribution in [0.2, 0.25) is 0 Å². The largest absolute Gasteiger partial charge is 1.00 e. The molecule has 0 aliphatic carbocycles. The molecule has 8 heteroatoms. The SMILES string of the molecule is [B].[K+].[O-][Cl+3]([O-])([O-])[O-].[Ti]. The first-order valence-corrected chi connectivity index (χ1v) is 1.85. The summed E-state index contributed by atoms with van der Waals surface area (Å²) in [4.78, 5) is 0. The molecular formula is BClKO4Ti. The molecule has 0 N–H and O–H groups in total. The molecule has 4 nitrogen and oxygen atoms in total. The molecule has 0 aromatic carbocycles. The second-order valence-electron chi connectivity index (χ2n) is 0.378. The maximum atomic E-state index is 8.49. The van der Waals surface area contributed by atoms with Crippen LogP contribution in [-0.2, 0) is 21.7 Å². The van der Waals surface area contributed by atoms with Gasteiger partial charge in [0.15, 0.2) is 0 Å². The second kappa shape index (κ2) is 9.55. The Hall–Kier alpha value is 2.55. The summed E-state index contributed by atoms with van der Waals surface area (Å²) in [5, 5.41) is 0. The van der Waals surface area contributed by atoms with Gasteiger partial charge >= 0.3 is 51.4 Å². The summed E-state index contributed by atoms with van der Waals surface area (Å²) in [5.74, 6) is 0. The van der Waals surface area contributed by atoms with Crippen molar-refractivity contribution >= 4 is 8.41 Å². The summed E-state index contributed by atoms with van der Waals surface area (Å²) >= 11 is 0. The zero-order valence-corrected chi connectivity index (χ0v) is 9.53. The quantitative estimate of drug-likeness (QED) is 0.360. The molecule has 0 aromatic heterocycles. The molecule has 0 aliphatic rings. The summed E-state index contributed by atoms with van der Waals surface area (Å²) in [5.41, 5.74) is 0. The fourth-order valence-corrected chi connectivity index (χ4v) is 0. The number of rotatable bonds is 0. The first-order valence-electron chi connectivity index (χ1n) is 0.617. The molecular weight excluding hydrogens is 197 g/mol. The van der Waals surface area contributed by atoms with Gasteiger partial charge in [-0.05, 0) is 0 Å². The molecule has 8 heavy (non-hydrogen) atoms. The van der Waals surface area contributed by atoms with Crippen LogP contribution < -0.4 is 70.0 Å². The Kier molecular flexibility index (Phi) is 26.8. The molecule has 0 saturated heterocycles. The third kappa shape index (κ3) is 75.1. The van der Waals surface area contributed by atoms with Crippen molar-refractivity contribution in [3.05, 3.63) is 0 Å². The summed E-state index contributed by atoms with van der Waals surface area (Å²) in [6.45, 7) is 0. The minimum Gasteiger partial charge on any atom is -0.222 e. The maximum absolute atomic E-state index is 8.49. The first kappa shape index (κ1) is 22.4. The van der Waals surface area contributed by atoms with Crippen molar-refractivity contribution in [2.45, 2.75) is 0 Å². The summed E-state index contributed by atoms with van der Waals surface area (Å²) in [7, 11) is -4.94. The molecule has 0 saturated carbocycles. The average molecular weight is 197 g/mol. The predicted octanol–water partition coefficient (Wildman–Crippen LogP) is -8.14. The topological polar surface area (TPSA) is 92.2 Å². The van der Waals surface area contributed by atoms with Gasteiger partial charge in [0, 0.05) is 30.1 Å². The minimum atomic E-state index is -4.94. The molecule has 3 radical (unpaired) electrons. The Bertz CT molecular complexity index is 31.5. The molecule has 0 spiro atoms. The Labute approximate surface area is 108 Å². The molecule has 0 aromatic rings. The fraction of sp³-hybridized carbons (Fsp3) is 0. The van der Waals surface area contributed by atoms with Crippen LogP contribution in [0.3, 0.4) is 0 Å². The van der Waals surface area contributed by atoms with Crippen molar-refractivity contribution in [2.24, 2.45) is 0 Å². The van der Waals surface area contributed by atoms with E-state index >= 15 is 0 Å². The minimum absolute atomic E-state index is 0. The van der Waals surface area contributed by atoms with E-state index in [1.54, 1.807) is 0 Å². The van der Waals surface area contributed by atoms with Gasteiger partial charge in [-0.15, -0.1) is 10.2 Å². The van der Waals surface area contributed by atoms with E-state index in [9.17, 15) is 0 Å². The van der Waals surface area contributed by atoms with Gasteiger partial charge < -0.3 is 0 Å². The first-order chi connectivity index (χ1) is 2.00. The zero-order valence-electron chi connectivity index (χ0n) is 4.09. The van der Waals surface area contributed by atoms with Crippen LogP contribution in [0.4, 0.5) is 0 Å². The van der Waals surface area contributed by atoms with Crippen LogP contribution in [0.1, 0.15) is 0 Å². The Balaban J connectivity index is -0.0000000267. The van der Waals surface area contributed by atoms with Gasteiger partial charge in [-0.3, -0.25) is 0 Å². The Morgan fingerprint density at radius 1 is 0.875 bits per heavy atom. The average Bonchev–Trinajstić information content (AvgIpc) is 0.722. The zero-order chi connectivity index (χ0) is 4.50. The third-order valence-electron chi connectivity index (χ3n) is 0. The summed E-state index contributed by atoms with van der Waals surface area (Å²) in [6, 6.07) is 0. The van der Waals surface area contributed by atoms with E-state index in [4.69, 9.17) is 18.6 Å². The van der Waals surface area contributed by atoms with Crippen LogP contribution in [0.15, 0.2) is 0 Å². The van der Waals surface area contributed by atoms with Crippen LogP contribution in [-0.4, -0.2) is 8.41 Å². The standard InChI is InChI=1S/B.ClHO4.K.Ti/c;2-1(3,4)5;;/h;(H,2,3,4,5);;/q;;+1;/p-1. The number of hydrogen-bond donors (Lipinski definition) is 0. The summed E-state index contributed by atoms with van der Waals surface area (Å²) < 4.78 is 34.0. The van der Waals surface area contributed by atoms with Crippen molar-refractivity contribution in [3.8, 4) is 0 Å². The van der Waals surface area contributed by atoms with Gasteiger partial charge in [0.05, 0.1) is 0 Å². The predicted molar refractivity (Wildman–Crippen MR) is 5.75 cm³/mol. The molecule has 0 amide bonds. The van der Waals surface area contributed by atoms with E-state index in [1.165, 1.54) is 0 Å². The monoisotopic (exact) mass is 197 g/mol. The van der Waals surface area contributed by atoms with E-state index in [-0.39, 0.29) is 81.5 Å². The van der Waals surface area contributed by atoms with Crippen molar-refractivity contribution in [3.63, 3.8) is 0 Å². The third-order valence-corrected chi connectivity index (χ3v) is 0. The van der Waals surface area contributed by atoms with Crippen molar-refractivity contribution in [2.75, 3.05) is 0 Å². The molecule has 0 heterocycles. The summed E-state index contributed by atoms with van der Waals surface area (Å²) in [6.07, 6.45) is 0. The van der Waals surface area contributed by atoms with Crippen LogP contribution in [0.25, 0.3) is 0 Å². The molecule has 0 bridgehead atoms. The molecule has 0 unspecified atom stereocenters. The Morgan fingerprint density at radius 3 is 0.875 bits per heavy atom. The van der Waals surface area contributed by atoms with Crippen LogP contribution in [0.5, 0.6) is 0 Å². The molecule has 0 aliphatic heterocycles. The molecule has 39 valence electrons. The van der Waals surface area contributed by atoms with E-state index < -0.39 is 10.2 Å². The van der Waals surface area contributed by atoms with Gasteiger partial charge in [-0.25, -0.2) is 18.6 Å². The van der Waals surface area contributed by atoms with E-state index in [2.05, 4.69) is 0 Å². The second-order valence-corrected chi connectivity index (χ2v) is 1.13. The smallest absolute Gasteiger partial charge is 0.222 e. The van der Waals surface area contributed by atoms with Gasteiger partial charge in [0.2, 0.25) is 0 Å². The van der Waals surface area contributed by atoms with Gasteiger partial charge in [-0.2, -0.15) is 0 Å². The van der Waals surface area contributed by atoms with Gasteiger partial charge in [0.1, 0.15) is 0 Å². The fourth-order valence-electron chi connectivity index (χ4n) is 0. The van der Waals surface area contributed by atoms with Gasteiger partial charge in [-0.1, -0.05) is 0 Å². The number of halogens is 1. The van der Waals surface area contributed by atoms with E-state index in [0.717, 1.165) is 0 Å². The van der Waals surface area contributed by atoms with Crippen LogP contribution in [0, 0.1) is 10.2 Å². The molecule has 0 atom stereocenters. The number of hydrogen-bond acceptors (Lipinski definition) is 4. The van der Waals surface area contributed by atoms with Crippen molar-refractivity contribution < 1.29 is 102 Å². The molecule has 0 fully saturated rings. The van der Waals surface area contributed by atoms with E-state index in [0.29, 0.717) is 0 Å². The Morgan fingerprint density at radius 2 is 0.875 bits per heavy atom.